The second kappa shape index (κ2) is 5.44. The molecule has 0 fully saturated rings. The molecule has 0 aromatic heterocycles. The number of carbonyl (C=O) groups is 1. The normalized spacial score (nSPS) is 21.4. The Morgan fingerprint density at radius 2 is 1.86 bits per heavy atom. The van der Waals surface area contributed by atoms with Gasteiger partial charge in [-0.15, -0.1) is 10.2 Å². The van der Waals surface area contributed by atoms with Crippen molar-refractivity contribution in [2.75, 3.05) is 7.11 Å². The van der Waals surface area contributed by atoms with Gasteiger partial charge < -0.3 is 9.47 Å². The fourth-order valence-electron chi connectivity index (χ4n) is 1.87. The smallest absolute Gasteiger partial charge is 0.327 e. The lowest BCUT2D eigenvalue weighted by atomic mass is 10.1. The molecule has 106 valence electrons. The summed E-state index contributed by atoms with van der Waals surface area (Å²) < 4.78 is 10.3. The van der Waals surface area contributed by atoms with Crippen molar-refractivity contribution < 1.29 is 14.3 Å². The molecule has 2 aliphatic heterocycles. The van der Waals surface area contributed by atoms with E-state index in [1.54, 1.807) is 31.4 Å². The second-order valence-corrected chi connectivity index (χ2v) is 4.62. The van der Waals surface area contributed by atoms with Gasteiger partial charge in [-0.2, -0.15) is 0 Å². The number of cyclic esters (lactones) is 1. The molecule has 0 spiro atoms. The van der Waals surface area contributed by atoms with Gasteiger partial charge in [0.2, 0.25) is 12.1 Å². The van der Waals surface area contributed by atoms with Crippen molar-refractivity contribution >= 4 is 29.1 Å². The van der Waals surface area contributed by atoms with E-state index in [0.29, 0.717) is 11.3 Å². The summed E-state index contributed by atoms with van der Waals surface area (Å²) in [6.45, 7) is 0. The molecule has 0 aliphatic carbocycles. The van der Waals surface area contributed by atoms with Gasteiger partial charge in [-0.3, -0.25) is 4.79 Å². The molecule has 0 radical (unpaired) electrons. The Kier molecular flexibility index (Phi) is 3.48. The largest absolute Gasteiger partial charge is 0.497 e. The van der Waals surface area contributed by atoms with Crippen molar-refractivity contribution in [3.63, 3.8) is 0 Å². The number of aliphatic imine (C=N–C) groups is 1. The van der Waals surface area contributed by atoms with Crippen molar-refractivity contribution in [3.8, 4) is 5.75 Å². The minimum absolute atomic E-state index is 0.149. The lowest BCUT2D eigenvalue weighted by Gasteiger charge is -2.21. The van der Waals surface area contributed by atoms with E-state index in [1.165, 1.54) is 0 Å². The molecule has 1 unspecified atom stereocenters. The van der Waals surface area contributed by atoms with E-state index in [0.717, 1.165) is 0 Å². The van der Waals surface area contributed by atoms with E-state index in [2.05, 4.69) is 25.7 Å². The van der Waals surface area contributed by atoms with Crippen LogP contribution in [0.5, 0.6) is 5.75 Å². The first kappa shape index (κ1) is 13.4. The molecule has 3 rings (SSSR count). The fourth-order valence-corrected chi connectivity index (χ4v) is 2.17. The predicted octanol–water partition coefficient (Wildman–Crippen LogP) is 2.10. The highest BCUT2D eigenvalue weighted by Gasteiger charge is 2.40. The van der Waals surface area contributed by atoms with E-state index in [4.69, 9.17) is 21.7 Å². The van der Waals surface area contributed by atoms with E-state index in [1.807, 2.05) is 0 Å². The average molecular weight is 303 g/mol. The zero-order valence-corrected chi connectivity index (χ0v) is 11.6. The van der Waals surface area contributed by atoms with Crippen molar-refractivity contribution in [3.05, 3.63) is 29.8 Å². The van der Waals surface area contributed by atoms with Crippen LogP contribution in [0, 0.1) is 5.92 Å². The molecule has 2 heterocycles. The molecule has 1 aromatic rings. The monoisotopic (exact) mass is 303 g/mol. The molecule has 1 atom stereocenters. The predicted molar refractivity (Wildman–Crippen MR) is 75.2 cm³/mol. The molecule has 9 heteroatoms. The van der Waals surface area contributed by atoms with Crippen LogP contribution in [0.3, 0.4) is 0 Å². The topological polar surface area (TPSA) is 97.3 Å². The van der Waals surface area contributed by atoms with E-state index < -0.39 is 18.1 Å². The molecule has 0 saturated heterocycles. The number of esters is 1. The Morgan fingerprint density at radius 1 is 1.19 bits per heavy atom. The minimum Gasteiger partial charge on any atom is -0.497 e. The third-order valence-corrected chi connectivity index (χ3v) is 3.29. The highest BCUT2D eigenvalue weighted by molar-refractivity contribution is 7.80. The lowest BCUT2D eigenvalue weighted by molar-refractivity contribution is -0.138. The van der Waals surface area contributed by atoms with Crippen molar-refractivity contribution in [2.45, 2.75) is 6.17 Å². The highest BCUT2D eigenvalue weighted by Crippen LogP contribution is 2.24. The average Bonchev–Trinajstić information content (AvgIpc) is 3.00. The molecule has 21 heavy (non-hydrogen) atoms. The lowest BCUT2D eigenvalue weighted by Crippen LogP contribution is -2.38. The molecular formula is C12H9N5O3S. The summed E-state index contributed by atoms with van der Waals surface area (Å²) in [6, 6.07) is 6.92. The van der Waals surface area contributed by atoms with Crippen LogP contribution in [0.1, 0.15) is 5.56 Å². The number of thiocarbonyl (C=S) groups is 1. The number of nitrogens with zero attached hydrogens (tertiary/aromatic N) is 5. The van der Waals surface area contributed by atoms with Gasteiger partial charge >= 0.3 is 5.97 Å². The first-order valence-corrected chi connectivity index (χ1v) is 6.38. The van der Waals surface area contributed by atoms with Crippen LogP contribution in [0.4, 0.5) is 0 Å². The van der Waals surface area contributed by atoms with Crippen LogP contribution in [-0.4, -0.2) is 30.1 Å². The van der Waals surface area contributed by atoms with Gasteiger partial charge in [0.15, 0.2) is 5.92 Å². The van der Waals surface area contributed by atoms with Gasteiger partial charge in [-0.1, -0.05) is 12.2 Å². The van der Waals surface area contributed by atoms with Crippen LogP contribution >= 0.6 is 12.2 Å². The number of ether oxygens (including phenoxy) is 2. The standard InChI is InChI=1S/C12H9N5O3S/c1-19-7-4-2-6(3-5-7)10-13-11(21)8(12(18)20-10)9-14-16-17-15-9/h2-5,8-9H,1H3. The molecule has 2 aliphatic rings. The van der Waals surface area contributed by atoms with Gasteiger partial charge in [-0.25, -0.2) is 4.99 Å². The summed E-state index contributed by atoms with van der Waals surface area (Å²) in [5.41, 5.74) is 0.625. The van der Waals surface area contributed by atoms with E-state index in [9.17, 15) is 4.79 Å². The minimum atomic E-state index is -0.864. The van der Waals surface area contributed by atoms with E-state index >= 15 is 0 Å². The summed E-state index contributed by atoms with van der Waals surface area (Å²) in [7, 11) is 1.57. The quantitative estimate of drug-likeness (QED) is 0.630. The van der Waals surface area contributed by atoms with Gasteiger partial charge in [0.05, 0.1) is 7.11 Å². The van der Waals surface area contributed by atoms with Crippen LogP contribution in [0.25, 0.3) is 0 Å². The number of hydrogen-bond donors (Lipinski definition) is 0. The number of benzene rings is 1. The molecule has 1 aromatic carbocycles. The maximum atomic E-state index is 12.1. The summed E-state index contributed by atoms with van der Waals surface area (Å²) in [4.78, 5) is 16.4. The maximum absolute atomic E-state index is 12.1. The summed E-state index contributed by atoms with van der Waals surface area (Å²) >= 11 is 5.15. The van der Waals surface area contributed by atoms with Gasteiger partial charge in [0.1, 0.15) is 10.7 Å². The first-order chi connectivity index (χ1) is 10.2. The first-order valence-electron chi connectivity index (χ1n) is 5.97. The van der Waals surface area contributed by atoms with Crippen molar-refractivity contribution in [2.24, 2.45) is 31.6 Å². The van der Waals surface area contributed by atoms with Crippen molar-refractivity contribution in [1.29, 1.82) is 0 Å². The summed E-state index contributed by atoms with van der Waals surface area (Å²) in [6.07, 6.45) is -0.786. The number of carbonyl (C=O) groups excluding carboxylic acids is 1. The SMILES string of the molecule is COc1ccc(C2=NC(=S)C(C3N=NN=N3)C(=O)O2)cc1. The van der Waals surface area contributed by atoms with Crippen LogP contribution < -0.4 is 4.74 Å². The van der Waals surface area contributed by atoms with Crippen LogP contribution in [0.2, 0.25) is 0 Å². The summed E-state index contributed by atoms with van der Waals surface area (Å²) in [5, 5.41) is 14.1. The van der Waals surface area contributed by atoms with Crippen LogP contribution in [-0.2, 0) is 9.53 Å². The molecule has 0 amide bonds. The third-order valence-electron chi connectivity index (χ3n) is 2.94. The Labute approximate surface area is 124 Å². The zero-order chi connectivity index (χ0) is 14.8. The maximum Gasteiger partial charge on any atom is 0.327 e. The van der Waals surface area contributed by atoms with Gasteiger partial charge in [0, 0.05) is 5.56 Å². The van der Waals surface area contributed by atoms with Gasteiger partial charge in [-0.05, 0) is 34.7 Å². The molecular weight excluding hydrogens is 294 g/mol. The Morgan fingerprint density at radius 3 is 2.43 bits per heavy atom. The molecule has 8 nitrogen and oxygen atoms in total. The fraction of sp³-hybridized carbons (Fsp3) is 0.250. The third kappa shape index (κ3) is 2.55. The summed E-state index contributed by atoms with van der Waals surface area (Å²) in [5.74, 6) is -0.591. The zero-order valence-electron chi connectivity index (χ0n) is 10.8. The number of methoxy groups -OCH3 is 1. The second-order valence-electron chi connectivity index (χ2n) is 4.21. The van der Waals surface area contributed by atoms with E-state index in [-0.39, 0.29) is 10.9 Å². The van der Waals surface area contributed by atoms with Crippen LogP contribution in [0.15, 0.2) is 49.9 Å². The highest BCUT2D eigenvalue weighted by atomic mass is 32.1. The Balaban J connectivity index is 1.86. The molecule has 0 saturated carbocycles. The molecule has 0 N–H and O–H groups in total. The van der Waals surface area contributed by atoms with Crippen molar-refractivity contribution in [1.82, 2.24) is 0 Å². The Hall–Kier alpha value is -2.55. The molecule has 0 bridgehead atoms. The van der Waals surface area contributed by atoms with Gasteiger partial charge in [0.25, 0.3) is 0 Å². The number of hydrogen-bond acceptors (Lipinski definition) is 8. The number of rotatable bonds is 3. The Bertz CT molecular complexity index is 671.